The Balaban J connectivity index is 1.83. The van der Waals surface area contributed by atoms with E-state index in [0.29, 0.717) is 6.54 Å². The lowest BCUT2D eigenvalue weighted by Gasteiger charge is -2.06. The molecule has 116 valence electrons. The summed E-state index contributed by atoms with van der Waals surface area (Å²) in [7, 11) is 0. The number of aliphatic hydroxyl groups is 1. The largest absolute Gasteiger partial charge is 0.396 e. The third kappa shape index (κ3) is 2.95. The Hall–Kier alpha value is -2.00. The van der Waals surface area contributed by atoms with Crippen LogP contribution in [0.2, 0.25) is 0 Å². The minimum absolute atomic E-state index is 0.197. The summed E-state index contributed by atoms with van der Waals surface area (Å²) in [5.74, 6) is 0. The maximum absolute atomic E-state index is 8.86. The summed E-state index contributed by atoms with van der Waals surface area (Å²) in [6.45, 7) is 1.49. The molecule has 1 N–H and O–H groups in total. The molecule has 0 unspecified atom stereocenters. The van der Waals surface area contributed by atoms with Crippen molar-refractivity contribution in [3.63, 3.8) is 0 Å². The van der Waals surface area contributed by atoms with Gasteiger partial charge < -0.3 is 5.11 Å². The van der Waals surface area contributed by atoms with E-state index in [4.69, 9.17) is 5.11 Å². The van der Waals surface area contributed by atoms with Gasteiger partial charge in [0, 0.05) is 13.2 Å². The van der Waals surface area contributed by atoms with E-state index < -0.39 is 0 Å². The molecule has 3 rings (SSSR count). The normalized spacial score (nSPS) is 11.4. The van der Waals surface area contributed by atoms with Gasteiger partial charge >= 0.3 is 0 Å². The van der Waals surface area contributed by atoms with Gasteiger partial charge in [-0.2, -0.15) is 5.10 Å². The molecule has 9 heteroatoms. The summed E-state index contributed by atoms with van der Waals surface area (Å²) in [4.78, 5) is 8.58. The fourth-order valence-electron chi connectivity index (χ4n) is 2.27. The van der Waals surface area contributed by atoms with Gasteiger partial charge in [-0.25, -0.2) is 19.3 Å². The van der Waals surface area contributed by atoms with Crippen LogP contribution in [0.4, 0.5) is 0 Å². The molecular formula is C13H17N7OS. The standard InChI is InChI=1S/C13H17N7OS/c1-22-13-11-7-17-20(12(11)14-9-15-13)8-10-6-16-18-19(10)4-2-3-5-21/h6-7,9,21H,2-5,8H2,1H3. The number of aromatic nitrogens is 7. The number of aliphatic hydroxyl groups excluding tert-OH is 1. The molecule has 22 heavy (non-hydrogen) atoms. The van der Waals surface area contributed by atoms with Gasteiger partial charge in [0.15, 0.2) is 5.65 Å². The van der Waals surface area contributed by atoms with E-state index in [1.54, 1.807) is 30.5 Å². The third-order valence-electron chi connectivity index (χ3n) is 3.38. The minimum atomic E-state index is 0.197. The van der Waals surface area contributed by atoms with Crippen LogP contribution in [0.15, 0.2) is 23.7 Å². The monoisotopic (exact) mass is 319 g/mol. The first-order valence-corrected chi connectivity index (χ1v) is 8.24. The molecular weight excluding hydrogens is 302 g/mol. The molecule has 0 bridgehead atoms. The zero-order chi connectivity index (χ0) is 15.4. The SMILES string of the molecule is CSc1ncnc2c1cnn2Cc1cnnn1CCCCO. The first kappa shape index (κ1) is 14.9. The number of nitrogens with zero attached hydrogens (tertiary/aromatic N) is 7. The molecule has 3 aromatic rings. The predicted molar refractivity (Wildman–Crippen MR) is 82.5 cm³/mol. The Morgan fingerprint density at radius 3 is 2.91 bits per heavy atom. The highest BCUT2D eigenvalue weighted by Gasteiger charge is 2.11. The van der Waals surface area contributed by atoms with Crippen molar-refractivity contribution < 1.29 is 5.11 Å². The molecule has 3 heterocycles. The van der Waals surface area contributed by atoms with Gasteiger partial charge in [-0.1, -0.05) is 5.21 Å². The van der Waals surface area contributed by atoms with Crippen molar-refractivity contribution in [2.45, 2.75) is 31.0 Å². The van der Waals surface area contributed by atoms with E-state index in [0.717, 1.165) is 41.1 Å². The molecule has 0 saturated carbocycles. The first-order chi connectivity index (χ1) is 10.8. The van der Waals surface area contributed by atoms with Gasteiger partial charge in [-0.15, -0.1) is 16.9 Å². The summed E-state index contributed by atoms with van der Waals surface area (Å²) in [5.41, 5.74) is 1.77. The van der Waals surface area contributed by atoms with Gasteiger partial charge in [-0.05, 0) is 19.1 Å². The van der Waals surface area contributed by atoms with Crippen molar-refractivity contribution in [3.8, 4) is 0 Å². The molecule has 3 aromatic heterocycles. The molecule has 0 aliphatic heterocycles. The molecule has 0 amide bonds. The Morgan fingerprint density at radius 2 is 2.09 bits per heavy atom. The van der Waals surface area contributed by atoms with Crippen LogP contribution in [0.1, 0.15) is 18.5 Å². The molecule has 0 spiro atoms. The van der Waals surface area contributed by atoms with Crippen molar-refractivity contribution in [2.75, 3.05) is 12.9 Å². The highest BCUT2D eigenvalue weighted by Crippen LogP contribution is 2.22. The number of hydrogen-bond acceptors (Lipinski definition) is 7. The summed E-state index contributed by atoms with van der Waals surface area (Å²) in [6, 6.07) is 0. The van der Waals surface area contributed by atoms with Crippen molar-refractivity contribution in [1.82, 2.24) is 34.7 Å². The smallest absolute Gasteiger partial charge is 0.162 e. The summed E-state index contributed by atoms with van der Waals surface area (Å²) >= 11 is 1.58. The summed E-state index contributed by atoms with van der Waals surface area (Å²) in [5, 5.41) is 23.2. The molecule has 0 aliphatic rings. The van der Waals surface area contributed by atoms with Gasteiger partial charge in [0.05, 0.1) is 30.0 Å². The quantitative estimate of drug-likeness (QED) is 0.394. The molecule has 0 saturated heterocycles. The van der Waals surface area contributed by atoms with Gasteiger partial charge in [0.1, 0.15) is 11.4 Å². The van der Waals surface area contributed by atoms with E-state index in [-0.39, 0.29) is 6.61 Å². The van der Waals surface area contributed by atoms with Crippen LogP contribution in [0, 0.1) is 0 Å². The van der Waals surface area contributed by atoms with Crippen LogP contribution in [0.5, 0.6) is 0 Å². The maximum Gasteiger partial charge on any atom is 0.162 e. The van der Waals surface area contributed by atoms with Gasteiger partial charge in [0.25, 0.3) is 0 Å². The molecule has 0 aliphatic carbocycles. The van der Waals surface area contributed by atoms with E-state index in [1.807, 2.05) is 15.6 Å². The van der Waals surface area contributed by atoms with E-state index in [1.165, 1.54) is 0 Å². The fourth-order valence-corrected chi connectivity index (χ4v) is 2.78. The molecule has 0 aromatic carbocycles. The number of thioether (sulfide) groups is 1. The van der Waals surface area contributed by atoms with Crippen LogP contribution in [-0.4, -0.2) is 52.7 Å². The van der Waals surface area contributed by atoms with Crippen molar-refractivity contribution in [3.05, 3.63) is 24.4 Å². The molecule has 8 nitrogen and oxygen atoms in total. The highest BCUT2D eigenvalue weighted by atomic mass is 32.2. The average Bonchev–Trinajstić information content (AvgIpc) is 3.15. The third-order valence-corrected chi connectivity index (χ3v) is 4.09. The Morgan fingerprint density at radius 1 is 1.18 bits per heavy atom. The topological polar surface area (TPSA) is 94.5 Å². The van der Waals surface area contributed by atoms with E-state index >= 15 is 0 Å². The second-order valence-electron chi connectivity index (χ2n) is 4.80. The van der Waals surface area contributed by atoms with Crippen molar-refractivity contribution >= 4 is 22.8 Å². The number of rotatable bonds is 7. The maximum atomic E-state index is 8.86. The molecule has 0 atom stereocenters. The molecule has 0 fully saturated rings. The van der Waals surface area contributed by atoms with Crippen LogP contribution >= 0.6 is 11.8 Å². The zero-order valence-corrected chi connectivity index (χ0v) is 13.1. The zero-order valence-electron chi connectivity index (χ0n) is 12.3. The van der Waals surface area contributed by atoms with E-state index in [2.05, 4.69) is 25.4 Å². The Labute approximate surface area is 131 Å². The Bertz CT molecular complexity index is 754. The lowest BCUT2D eigenvalue weighted by Crippen LogP contribution is -2.11. The number of hydrogen-bond donors (Lipinski definition) is 1. The van der Waals surface area contributed by atoms with Crippen LogP contribution in [-0.2, 0) is 13.1 Å². The predicted octanol–water partition coefficient (Wildman–Crippen LogP) is 0.960. The van der Waals surface area contributed by atoms with Crippen LogP contribution in [0.25, 0.3) is 11.0 Å². The lowest BCUT2D eigenvalue weighted by molar-refractivity contribution is 0.279. The number of fused-ring (bicyclic) bond motifs is 1. The van der Waals surface area contributed by atoms with E-state index in [9.17, 15) is 0 Å². The number of aryl methyl sites for hydroxylation is 1. The summed E-state index contributed by atoms with van der Waals surface area (Å²) < 4.78 is 3.68. The van der Waals surface area contributed by atoms with Crippen LogP contribution in [0.3, 0.4) is 0 Å². The van der Waals surface area contributed by atoms with Crippen molar-refractivity contribution in [2.24, 2.45) is 0 Å². The fraction of sp³-hybridized carbons (Fsp3) is 0.462. The highest BCUT2D eigenvalue weighted by molar-refractivity contribution is 7.98. The first-order valence-electron chi connectivity index (χ1n) is 7.02. The van der Waals surface area contributed by atoms with Crippen LogP contribution < -0.4 is 0 Å². The Kier molecular flexibility index (Phi) is 4.64. The van der Waals surface area contributed by atoms with Gasteiger partial charge in [0.2, 0.25) is 0 Å². The second kappa shape index (κ2) is 6.84. The molecule has 0 radical (unpaired) electrons. The number of unbranched alkanes of at least 4 members (excludes halogenated alkanes) is 1. The van der Waals surface area contributed by atoms with Gasteiger partial charge in [-0.3, -0.25) is 0 Å². The minimum Gasteiger partial charge on any atom is -0.396 e. The second-order valence-corrected chi connectivity index (χ2v) is 5.60. The summed E-state index contributed by atoms with van der Waals surface area (Å²) in [6.07, 6.45) is 8.70. The van der Waals surface area contributed by atoms with Crippen molar-refractivity contribution in [1.29, 1.82) is 0 Å². The lowest BCUT2D eigenvalue weighted by atomic mass is 10.3. The average molecular weight is 319 g/mol.